The van der Waals surface area contributed by atoms with E-state index in [1.807, 2.05) is 30.3 Å². The third kappa shape index (κ3) is 3.61. The first-order valence-electron chi connectivity index (χ1n) is 5.27. The van der Waals surface area contributed by atoms with Gasteiger partial charge in [-0.2, -0.15) is 0 Å². The molecule has 0 radical (unpaired) electrons. The predicted octanol–water partition coefficient (Wildman–Crippen LogP) is 4.00. The average molecular weight is 263 g/mol. The number of thiophene rings is 1. The number of thioether (sulfide) groups is 1. The molecule has 1 N–H and O–H groups in total. The van der Waals surface area contributed by atoms with Crippen LogP contribution in [0.2, 0.25) is 0 Å². The van der Waals surface area contributed by atoms with E-state index >= 15 is 0 Å². The van der Waals surface area contributed by atoms with Gasteiger partial charge < -0.3 is 5.32 Å². The van der Waals surface area contributed by atoms with Gasteiger partial charge in [-0.05, 0) is 23.1 Å². The standard InChI is InChI=1S/C13H13NOS2/c1-10(15)14-12-6-3-2-5-11(12)9-17-13-7-4-8-16-13/h2-8H,9H2,1H3,(H,14,15). The van der Waals surface area contributed by atoms with Crippen molar-refractivity contribution in [1.82, 2.24) is 0 Å². The van der Waals surface area contributed by atoms with E-state index in [4.69, 9.17) is 0 Å². The maximum absolute atomic E-state index is 11.1. The molecule has 2 aromatic rings. The maximum Gasteiger partial charge on any atom is 0.221 e. The molecule has 0 aliphatic heterocycles. The summed E-state index contributed by atoms with van der Waals surface area (Å²) in [6.07, 6.45) is 0. The van der Waals surface area contributed by atoms with Gasteiger partial charge in [0.15, 0.2) is 0 Å². The zero-order valence-corrected chi connectivity index (χ0v) is 11.1. The molecule has 0 saturated heterocycles. The molecular formula is C13H13NOS2. The molecule has 1 aromatic heterocycles. The zero-order valence-electron chi connectivity index (χ0n) is 9.47. The van der Waals surface area contributed by atoms with E-state index in [1.54, 1.807) is 23.1 Å². The first-order valence-corrected chi connectivity index (χ1v) is 7.14. The second-order valence-corrected chi connectivity index (χ2v) is 5.78. The molecule has 0 unspecified atom stereocenters. The van der Waals surface area contributed by atoms with Crippen molar-refractivity contribution in [3.63, 3.8) is 0 Å². The van der Waals surface area contributed by atoms with Gasteiger partial charge in [-0.3, -0.25) is 4.79 Å². The monoisotopic (exact) mass is 263 g/mol. The molecule has 1 amide bonds. The average Bonchev–Trinajstić information content (AvgIpc) is 2.80. The molecule has 1 heterocycles. The van der Waals surface area contributed by atoms with Crippen molar-refractivity contribution in [2.75, 3.05) is 5.32 Å². The molecule has 2 nitrogen and oxygen atoms in total. The lowest BCUT2D eigenvalue weighted by atomic mass is 10.2. The summed E-state index contributed by atoms with van der Waals surface area (Å²) in [5.41, 5.74) is 2.06. The second-order valence-electron chi connectivity index (χ2n) is 3.56. The summed E-state index contributed by atoms with van der Waals surface area (Å²) in [5.74, 6) is 0.843. The van der Waals surface area contributed by atoms with Crippen LogP contribution in [0.25, 0.3) is 0 Å². The Kier molecular flexibility index (Phi) is 4.23. The number of hydrogen-bond acceptors (Lipinski definition) is 3. The van der Waals surface area contributed by atoms with Crippen molar-refractivity contribution in [2.45, 2.75) is 16.9 Å². The number of anilines is 1. The van der Waals surface area contributed by atoms with Gasteiger partial charge in [0.25, 0.3) is 0 Å². The van der Waals surface area contributed by atoms with Crippen LogP contribution in [0.5, 0.6) is 0 Å². The van der Waals surface area contributed by atoms with Crippen LogP contribution in [0.3, 0.4) is 0 Å². The maximum atomic E-state index is 11.1. The topological polar surface area (TPSA) is 29.1 Å². The van der Waals surface area contributed by atoms with Gasteiger partial charge in [-0.1, -0.05) is 24.3 Å². The van der Waals surface area contributed by atoms with E-state index in [2.05, 4.69) is 16.8 Å². The van der Waals surface area contributed by atoms with E-state index in [0.717, 1.165) is 17.0 Å². The van der Waals surface area contributed by atoms with E-state index in [-0.39, 0.29) is 5.91 Å². The Morgan fingerprint density at radius 3 is 2.82 bits per heavy atom. The van der Waals surface area contributed by atoms with Gasteiger partial charge in [0, 0.05) is 18.4 Å². The number of benzene rings is 1. The minimum absolute atomic E-state index is 0.0291. The van der Waals surface area contributed by atoms with Crippen molar-refractivity contribution < 1.29 is 4.79 Å². The molecule has 0 aliphatic rings. The Labute approximate surface area is 109 Å². The fourth-order valence-electron chi connectivity index (χ4n) is 1.45. The predicted molar refractivity (Wildman–Crippen MR) is 74.6 cm³/mol. The smallest absolute Gasteiger partial charge is 0.221 e. The minimum Gasteiger partial charge on any atom is -0.326 e. The van der Waals surface area contributed by atoms with Crippen LogP contribution in [0.4, 0.5) is 5.69 Å². The SMILES string of the molecule is CC(=O)Nc1ccccc1CSc1cccs1. The number of hydrogen-bond donors (Lipinski definition) is 1. The van der Waals surface area contributed by atoms with Crippen LogP contribution in [0.1, 0.15) is 12.5 Å². The highest BCUT2D eigenvalue weighted by atomic mass is 32.2. The lowest BCUT2D eigenvalue weighted by Crippen LogP contribution is -2.07. The van der Waals surface area contributed by atoms with E-state index in [1.165, 1.54) is 11.1 Å². The summed E-state index contributed by atoms with van der Waals surface area (Å²) >= 11 is 3.53. The number of amides is 1. The van der Waals surface area contributed by atoms with Gasteiger partial charge in [0.2, 0.25) is 5.91 Å². The molecule has 0 saturated carbocycles. The quantitative estimate of drug-likeness (QED) is 0.845. The highest BCUT2D eigenvalue weighted by molar-refractivity contribution is 8.00. The van der Waals surface area contributed by atoms with Crippen LogP contribution in [0.15, 0.2) is 46.0 Å². The molecule has 0 fully saturated rings. The Balaban J connectivity index is 2.06. The lowest BCUT2D eigenvalue weighted by molar-refractivity contribution is -0.114. The highest BCUT2D eigenvalue weighted by Gasteiger charge is 2.04. The zero-order chi connectivity index (χ0) is 12.1. The molecular weight excluding hydrogens is 250 g/mol. The van der Waals surface area contributed by atoms with E-state index in [0.29, 0.717) is 0 Å². The van der Waals surface area contributed by atoms with Crippen molar-refractivity contribution >= 4 is 34.7 Å². The molecule has 4 heteroatoms. The Morgan fingerprint density at radius 1 is 1.29 bits per heavy atom. The summed E-state index contributed by atoms with van der Waals surface area (Å²) in [7, 11) is 0. The molecule has 2 rings (SSSR count). The molecule has 0 atom stereocenters. The Hall–Kier alpha value is -1.26. The summed E-state index contributed by atoms with van der Waals surface area (Å²) in [4.78, 5) is 11.1. The van der Waals surface area contributed by atoms with Gasteiger partial charge in [-0.15, -0.1) is 23.1 Å². The van der Waals surface area contributed by atoms with Crippen LogP contribution in [0, 0.1) is 0 Å². The molecule has 0 aliphatic carbocycles. The van der Waals surface area contributed by atoms with E-state index in [9.17, 15) is 4.79 Å². The fraction of sp³-hybridized carbons (Fsp3) is 0.154. The normalized spacial score (nSPS) is 10.2. The van der Waals surface area contributed by atoms with Gasteiger partial charge in [-0.25, -0.2) is 0 Å². The Bertz CT molecular complexity index is 494. The summed E-state index contributed by atoms with van der Waals surface area (Å²) in [6, 6.07) is 12.1. The summed E-state index contributed by atoms with van der Waals surface area (Å²) in [5, 5.41) is 4.93. The number of nitrogens with one attached hydrogen (secondary N) is 1. The first-order chi connectivity index (χ1) is 8.25. The van der Waals surface area contributed by atoms with Crippen LogP contribution in [-0.4, -0.2) is 5.91 Å². The molecule has 0 bridgehead atoms. The number of para-hydroxylation sites is 1. The van der Waals surface area contributed by atoms with Gasteiger partial charge in [0.05, 0.1) is 4.21 Å². The van der Waals surface area contributed by atoms with Crippen LogP contribution >= 0.6 is 23.1 Å². The molecule has 88 valence electrons. The molecule has 0 spiro atoms. The minimum atomic E-state index is -0.0291. The second kappa shape index (κ2) is 5.89. The van der Waals surface area contributed by atoms with Crippen LogP contribution < -0.4 is 5.32 Å². The number of carbonyl (C=O) groups excluding carboxylic acids is 1. The third-order valence-corrected chi connectivity index (χ3v) is 4.37. The molecule has 17 heavy (non-hydrogen) atoms. The fourth-order valence-corrected chi connectivity index (χ4v) is 3.24. The van der Waals surface area contributed by atoms with E-state index < -0.39 is 0 Å². The van der Waals surface area contributed by atoms with Crippen molar-refractivity contribution in [2.24, 2.45) is 0 Å². The van der Waals surface area contributed by atoms with Gasteiger partial charge >= 0.3 is 0 Å². The Morgan fingerprint density at radius 2 is 2.12 bits per heavy atom. The number of rotatable bonds is 4. The van der Waals surface area contributed by atoms with Crippen LogP contribution in [-0.2, 0) is 10.5 Å². The van der Waals surface area contributed by atoms with Crippen molar-refractivity contribution in [1.29, 1.82) is 0 Å². The molecule has 1 aromatic carbocycles. The van der Waals surface area contributed by atoms with Gasteiger partial charge in [0.1, 0.15) is 0 Å². The number of carbonyl (C=O) groups is 1. The highest BCUT2D eigenvalue weighted by Crippen LogP contribution is 2.29. The van der Waals surface area contributed by atoms with Crippen molar-refractivity contribution in [3.05, 3.63) is 47.3 Å². The summed E-state index contributed by atoms with van der Waals surface area (Å²) < 4.78 is 1.29. The first kappa shape index (κ1) is 12.2. The van der Waals surface area contributed by atoms with Crippen molar-refractivity contribution in [3.8, 4) is 0 Å². The lowest BCUT2D eigenvalue weighted by Gasteiger charge is -2.08. The largest absolute Gasteiger partial charge is 0.326 e. The third-order valence-electron chi connectivity index (χ3n) is 2.19. The summed E-state index contributed by atoms with van der Waals surface area (Å²) in [6.45, 7) is 1.53.